The number of hydrogen-bond donors (Lipinski definition) is 11. The Morgan fingerprint density at radius 1 is 0.441 bits per heavy atom. The molecule has 3 fully saturated rings. The van der Waals surface area contributed by atoms with Crippen molar-refractivity contribution in [2.75, 3.05) is 19.8 Å². The van der Waals surface area contributed by atoms with Crippen LogP contribution in [0.25, 0.3) is 0 Å². The zero-order valence-corrected chi connectivity index (χ0v) is 17.7. The fraction of sp³-hybridized carbons (Fsp3) is 1.00. The molecule has 0 bridgehead atoms. The van der Waals surface area contributed by atoms with Gasteiger partial charge >= 0.3 is 0 Å². The Labute approximate surface area is 192 Å². The molecule has 16 nitrogen and oxygen atoms in total. The minimum Gasteiger partial charge on any atom is -0.394 e. The van der Waals surface area contributed by atoms with Crippen LogP contribution in [0.3, 0.4) is 0 Å². The molecule has 11 N–H and O–H groups in total. The summed E-state index contributed by atoms with van der Waals surface area (Å²) in [6, 6.07) is 0. The first-order chi connectivity index (χ1) is 16.0. The molecule has 16 heteroatoms. The number of hydrogen-bond acceptors (Lipinski definition) is 16. The predicted octanol–water partition coefficient (Wildman–Crippen LogP) is -7.57. The van der Waals surface area contributed by atoms with Crippen molar-refractivity contribution in [1.82, 2.24) is 0 Å². The van der Waals surface area contributed by atoms with Crippen molar-refractivity contribution in [3.8, 4) is 0 Å². The number of rotatable bonds is 7. The van der Waals surface area contributed by atoms with E-state index in [2.05, 4.69) is 0 Å². The Kier molecular flexibility index (Phi) is 9.54. The van der Waals surface area contributed by atoms with Crippen LogP contribution in [-0.2, 0) is 23.7 Å². The largest absolute Gasteiger partial charge is 0.394 e. The summed E-state index contributed by atoms with van der Waals surface area (Å²) in [4.78, 5) is 0. The van der Waals surface area contributed by atoms with Crippen molar-refractivity contribution in [2.45, 2.75) is 92.1 Å². The molecule has 0 saturated carbocycles. The van der Waals surface area contributed by atoms with E-state index < -0.39 is 112 Å². The van der Waals surface area contributed by atoms with Crippen molar-refractivity contribution in [2.24, 2.45) is 0 Å². The van der Waals surface area contributed by atoms with Crippen molar-refractivity contribution >= 4 is 0 Å². The second kappa shape index (κ2) is 11.6. The third-order valence-corrected chi connectivity index (χ3v) is 6.09. The standard InChI is InChI=1S/C18H32O16/c19-1-4-7(22)8(23)12(27)17(31-4)34-15-6(3-21)32-18(13(28)10(15)25)33-14-5(2-20)30-16(29)11(26)9(14)24/h4-29H,1-3H2/t4-,5-,6-,7-,8+,9-,10-,11+,12+,13-,14-,15-,16-,17+,18+/m1/s1. The molecule has 0 radical (unpaired) electrons. The number of aliphatic hydroxyl groups is 11. The molecule has 15 atom stereocenters. The zero-order chi connectivity index (χ0) is 25.3. The van der Waals surface area contributed by atoms with Crippen molar-refractivity contribution in [3.63, 3.8) is 0 Å². The second-order valence-corrected chi connectivity index (χ2v) is 8.33. The maximum absolute atomic E-state index is 10.6. The Morgan fingerprint density at radius 3 is 1.35 bits per heavy atom. The van der Waals surface area contributed by atoms with Gasteiger partial charge in [-0.1, -0.05) is 0 Å². The fourth-order valence-corrected chi connectivity index (χ4v) is 4.06. The molecular weight excluding hydrogens is 472 g/mol. The van der Waals surface area contributed by atoms with Crippen LogP contribution in [0, 0.1) is 0 Å². The molecule has 0 spiro atoms. The van der Waals surface area contributed by atoms with Gasteiger partial charge in [-0.3, -0.25) is 0 Å². The summed E-state index contributed by atoms with van der Waals surface area (Å²) in [6.07, 6.45) is -25.1. The van der Waals surface area contributed by atoms with E-state index in [1.54, 1.807) is 0 Å². The lowest BCUT2D eigenvalue weighted by Crippen LogP contribution is -2.66. The molecule has 0 aromatic carbocycles. The average Bonchev–Trinajstić information content (AvgIpc) is 2.83. The highest BCUT2D eigenvalue weighted by atomic mass is 16.8. The molecule has 0 aromatic rings. The van der Waals surface area contributed by atoms with Crippen LogP contribution in [0.2, 0.25) is 0 Å². The second-order valence-electron chi connectivity index (χ2n) is 8.33. The first-order valence-corrected chi connectivity index (χ1v) is 10.6. The molecule has 3 heterocycles. The minimum absolute atomic E-state index is 0.741. The summed E-state index contributed by atoms with van der Waals surface area (Å²) < 4.78 is 26.4. The van der Waals surface area contributed by atoms with Gasteiger partial charge in [0.15, 0.2) is 18.9 Å². The molecule has 3 rings (SSSR count). The van der Waals surface area contributed by atoms with Crippen molar-refractivity contribution < 1.29 is 79.9 Å². The molecule has 0 unspecified atom stereocenters. The molecule has 34 heavy (non-hydrogen) atoms. The summed E-state index contributed by atoms with van der Waals surface area (Å²) in [7, 11) is 0. The van der Waals surface area contributed by atoms with Gasteiger partial charge in [0.1, 0.15) is 73.2 Å². The zero-order valence-electron chi connectivity index (χ0n) is 17.7. The van der Waals surface area contributed by atoms with Crippen molar-refractivity contribution in [3.05, 3.63) is 0 Å². The first kappa shape index (κ1) is 27.9. The van der Waals surface area contributed by atoms with Gasteiger partial charge in [0.05, 0.1) is 19.8 Å². The van der Waals surface area contributed by atoms with Crippen LogP contribution < -0.4 is 0 Å². The highest BCUT2D eigenvalue weighted by Gasteiger charge is 2.53. The average molecular weight is 504 g/mol. The summed E-state index contributed by atoms with van der Waals surface area (Å²) in [5, 5.41) is 109. The number of aliphatic hydroxyl groups excluding tert-OH is 11. The van der Waals surface area contributed by atoms with Crippen LogP contribution in [0.5, 0.6) is 0 Å². The normalized spacial score (nSPS) is 52.5. The fourth-order valence-electron chi connectivity index (χ4n) is 4.06. The van der Waals surface area contributed by atoms with Gasteiger partial charge < -0.3 is 79.9 Å². The summed E-state index contributed by atoms with van der Waals surface area (Å²) in [5.74, 6) is 0. The minimum atomic E-state index is -1.91. The van der Waals surface area contributed by atoms with Gasteiger partial charge in [-0.05, 0) is 0 Å². The van der Waals surface area contributed by atoms with Gasteiger partial charge in [-0.25, -0.2) is 0 Å². The lowest BCUT2D eigenvalue weighted by Gasteiger charge is -2.47. The molecule has 0 aromatic heterocycles. The molecule has 3 aliphatic heterocycles. The third-order valence-electron chi connectivity index (χ3n) is 6.09. The van der Waals surface area contributed by atoms with E-state index >= 15 is 0 Å². The summed E-state index contributed by atoms with van der Waals surface area (Å²) in [5.41, 5.74) is 0. The van der Waals surface area contributed by atoms with Crippen molar-refractivity contribution in [1.29, 1.82) is 0 Å². The first-order valence-electron chi connectivity index (χ1n) is 10.6. The van der Waals surface area contributed by atoms with E-state index in [9.17, 15) is 56.2 Å². The molecule has 3 saturated heterocycles. The highest BCUT2D eigenvalue weighted by Crippen LogP contribution is 2.32. The van der Waals surface area contributed by atoms with Gasteiger partial charge in [-0.2, -0.15) is 0 Å². The maximum Gasteiger partial charge on any atom is 0.187 e. The Bertz CT molecular complexity index is 635. The van der Waals surface area contributed by atoms with Crippen LogP contribution in [-0.4, -0.2) is 168 Å². The molecule has 0 aliphatic carbocycles. The quantitative estimate of drug-likeness (QED) is 0.154. The van der Waals surface area contributed by atoms with Crippen LogP contribution in [0.4, 0.5) is 0 Å². The molecule has 3 aliphatic rings. The summed E-state index contributed by atoms with van der Waals surface area (Å²) in [6.45, 7) is -2.32. The topological polar surface area (TPSA) is 269 Å². The van der Waals surface area contributed by atoms with Gasteiger partial charge in [0.25, 0.3) is 0 Å². The third kappa shape index (κ3) is 5.37. The van der Waals surface area contributed by atoms with Gasteiger partial charge in [0, 0.05) is 0 Å². The van der Waals surface area contributed by atoms with E-state index in [-0.39, 0.29) is 0 Å². The van der Waals surface area contributed by atoms with Crippen LogP contribution in [0.1, 0.15) is 0 Å². The Morgan fingerprint density at radius 2 is 0.853 bits per heavy atom. The van der Waals surface area contributed by atoms with E-state index in [4.69, 9.17) is 23.7 Å². The van der Waals surface area contributed by atoms with Crippen LogP contribution >= 0.6 is 0 Å². The van der Waals surface area contributed by atoms with Crippen LogP contribution in [0.15, 0.2) is 0 Å². The molecular formula is C18H32O16. The molecule has 200 valence electrons. The SMILES string of the molecule is OC[C@H]1O[C@@H](O[C@H]2[C@H](O)[C@@H](O)[C@H](O[C@H]3[C@H](O)[C@H](O)[C@H](O)O[C@@H]3CO)O[C@@H]2CO)[C@@H](O)[C@@H](O)[C@@H]1O. The van der Waals surface area contributed by atoms with Gasteiger partial charge in [-0.15, -0.1) is 0 Å². The maximum atomic E-state index is 10.6. The molecule has 0 amide bonds. The predicted molar refractivity (Wildman–Crippen MR) is 101 cm³/mol. The Hall–Kier alpha value is -0.640. The number of ether oxygens (including phenoxy) is 5. The van der Waals surface area contributed by atoms with E-state index in [1.165, 1.54) is 0 Å². The lowest BCUT2D eigenvalue weighted by atomic mass is 9.96. The van der Waals surface area contributed by atoms with E-state index in [0.29, 0.717) is 0 Å². The van der Waals surface area contributed by atoms with E-state index in [0.717, 1.165) is 0 Å². The lowest BCUT2D eigenvalue weighted by molar-refractivity contribution is -0.377. The summed E-state index contributed by atoms with van der Waals surface area (Å²) >= 11 is 0. The highest BCUT2D eigenvalue weighted by molar-refractivity contribution is 4.96. The monoisotopic (exact) mass is 504 g/mol. The Balaban J connectivity index is 1.72. The van der Waals surface area contributed by atoms with E-state index in [1.807, 2.05) is 0 Å². The smallest absolute Gasteiger partial charge is 0.187 e. The van der Waals surface area contributed by atoms with Gasteiger partial charge in [0.2, 0.25) is 0 Å².